The van der Waals surface area contributed by atoms with Crippen LogP contribution in [-0.2, 0) is 49.5 Å². The fraction of sp³-hybridized carbons (Fsp3) is 0.714. The Morgan fingerprint density at radius 2 is 1.09 bits per heavy atom. The number of ether oxygens (including phenoxy) is 5. The van der Waals surface area contributed by atoms with Crippen LogP contribution in [0.25, 0.3) is 0 Å². The molecule has 2 fully saturated rings. The van der Waals surface area contributed by atoms with Gasteiger partial charge in [0.05, 0.1) is 45.1 Å². The molecule has 9 N–H and O–H groups in total. The number of benzene rings is 1. The van der Waals surface area contributed by atoms with Crippen LogP contribution in [-0.4, -0.2) is 173 Å². The molecule has 54 heavy (non-hydrogen) atoms. The van der Waals surface area contributed by atoms with E-state index < -0.39 is 79.1 Å². The van der Waals surface area contributed by atoms with Gasteiger partial charge in [-0.25, -0.2) is 0 Å². The number of unbranched alkanes of at least 4 members (excludes halogenated alkanes) is 2. The summed E-state index contributed by atoms with van der Waals surface area (Å²) in [5.41, 5.74) is 0.897. The normalized spacial score (nSPS) is 28.3. The van der Waals surface area contributed by atoms with Crippen molar-refractivity contribution in [2.75, 3.05) is 52.5 Å². The van der Waals surface area contributed by atoms with Crippen LogP contribution in [0, 0.1) is 0 Å². The largest absolute Gasteiger partial charge is 0.461 e. The topological polar surface area (TPSA) is 275 Å². The van der Waals surface area contributed by atoms with Gasteiger partial charge in [-0.05, 0) is 32.3 Å². The van der Waals surface area contributed by atoms with Gasteiger partial charge in [0, 0.05) is 26.1 Å². The molecule has 19 heteroatoms. The smallest absolute Gasteiger partial charge is 0.306 e. The molecule has 0 bridgehead atoms. The van der Waals surface area contributed by atoms with Crippen LogP contribution in [0.15, 0.2) is 30.3 Å². The molecule has 2 saturated heterocycles. The minimum absolute atomic E-state index is 0.0404. The number of aliphatic hydroxyl groups excluding tert-OH is 6. The molecule has 0 unspecified atom stereocenters. The zero-order valence-corrected chi connectivity index (χ0v) is 30.7. The number of carbonyl (C=O) groups excluding carboxylic acids is 4. The third-order valence-electron chi connectivity index (χ3n) is 8.75. The van der Waals surface area contributed by atoms with E-state index in [2.05, 4.69) is 16.0 Å². The van der Waals surface area contributed by atoms with E-state index in [9.17, 15) is 49.8 Å². The minimum Gasteiger partial charge on any atom is -0.461 e. The third kappa shape index (κ3) is 15.4. The van der Waals surface area contributed by atoms with Crippen molar-refractivity contribution in [3.8, 4) is 0 Å². The van der Waals surface area contributed by atoms with Crippen molar-refractivity contribution in [2.45, 2.75) is 108 Å². The van der Waals surface area contributed by atoms with E-state index in [1.165, 1.54) is 18.7 Å². The Bertz CT molecular complexity index is 1240. The highest BCUT2D eigenvalue weighted by Crippen LogP contribution is 2.22. The van der Waals surface area contributed by atoms with E-state index in [0.717, 1.165) is 5.56 Å². The maximum Gasteiger partial charge on any atom is 0.306 e. The summed E-state index contributed by atoms with van der Waals surface area (Å²) in [4.78, 5) is 51.7. The summed E-state index contributed by atoms with van der Waals surface area (Å²) in [6.07, 6.45) is -10.5. The van der Waals surface area contributed by atoms with Gasteiger partial charge in [0.1, 0.15) is 43.2 Å². The quantitative estimate of drug-likeness (QED) is 0.0411. The van der Waals surface area contributed by atoms with Crippen molar-refractivity contribution in [1.82, 2.24) is 20.9 Å². The molecule has 306 valence electrons. The molecule has 0 spiro atoms. The van der Waals surface area contributed by atoms with Crippen LogP contribution in [0.5, 0.6) is 0 Å². The van der Waals surface area contributed by atoms with Crippen LogP contribution in [0.4, 0.5) is 0 Å². The number of rotatable bonds is 22. The van der Waals surface area contributed by atoms with Gasteiger partial charge in [-0.3, -0.25) is 24.1 Å². The molecule has 10 atom stereocenters. The Morgan fingerprint density at radius 3 is 1.57 bits per heavy atom. The van der Waals surface area contributed by atoms with Gasteiger partial charge in [-0.1, -0.05) is 36.8 Å². The van der Waals surface area contributed by atoms with Gasteiger partial charge in [-0.15, -0.1) is 0 Å². The van der Waals surface area contributed by atoms with E-state index in [0.29, 0.717) is 25.8 Å². The molecule has 2 heterocycles. The van der Waals surface area contributed by atoms with Crippen molar-refractivity contribution in [3.05, 3.63) is 35.9 Å². The predicted octanol–water partition coefficient (Wildman–Crippen LogP) is -3.37. The fourth-order valence-electron chi connectivity index (χ4n) is 5.59. The number of nitrogens with zero attached hydrogens (tertiary/aromatic N) is 1. The summed E-state index contributed by atoms with van der Waals surface area (Å²) >= 11 is 0. The zero-order chi connectivity index (χ0) is 39.6. The minimum atomic E-state index is -1.51. The lowest BCUT2D eigenvalue weighted by atomic mass is 10.0. The first-order valence-corrected chi connectivity index (χ1v) is 18.1. The molecule has 3 rings (SSSR count). The second-order valence-corrected chi connectivity index (χ2v) is 13.3. The first kappa shape index (κ1) is 45.1. The Balaban J connectivity index is 1.40. The van der Waals surface area contributed by atoms with Crippen molar-refractivity contribution in [2.24, 2.45) is 0 Å². The monoisotopic (exact) mass is 772 g/mol. The Labute approximate surface area is 313 Å². The molecule has 19 nitrogen and oxygen atoms in total. The van der Waals surface area contributed by atoms with Crippen LogP contribution in [0.3, 0.4) is 0 Å². The highest BCUT2D eigenvalue weighted by Gasteiger charge is 2.43. The molecule has 1 aromatic carbocycles. The second-order valence-electron chi connectivity index (χ2n) is 13.3. The summed E-state index contributed by atoms with van der Waals surface area (Å²) in [5, 5.41) is 67.7. The van der Waals surface area contributed by atoms with E-state index in [-0.39, 0.29) is 64.9 Å². The average Bonchev–Trinajstić information content (AvgIpc) is 3.14. The number of amides is 3. The zero-order valence-electron chi connectivity index (χ0n) is 30.7. The highest BCUT2D eigenvalue weighted by molar-refractivity contribution is 5.84. The lowest BCUT2D eigenvalue weighted by Gasteiger charge is -2.38. The summed E-state index contributed by atoms with van der Waals surface area (Å²) in [7, 11) is 0. The lowest BCUT2D eigenvalue weighted by Crippen LogP contribution is -2.57. The Kier molecular flexibility index (Phi) is 19.6. The average molecular weight is 773 g/mol. The fourth-order valence-corrected chi connectivity index (χ4v) is 5.59. The SMILES string of the molecule is C[C@@H]1O[C@@H](OCCNC(=O)CN(CC(=O)NCCCCCC(=O)OCc2ccccc2)CC(=O)NCCO[C@@H]2O[C@@H](C)[C@@H](O)[C@@H](O)[C@@H]2O)[C@@H](O)[C@H](O)[C@@H]1O. The Hall–Kier alpha value is -3.34. The summed E-state index contributed by atoms with van der Waals surface area (Å²) in [6, 6.07) is 9.34. The molecule has 0 aromatic heterocycles. The molecular weight excluding hydrogens is 716 g/mol. The molecule has 2 aliphatic heterocycles. The van der Waals surface area contributed by atoms with Gasteiger partial charge < -0.3 is 70.3 Å². The lowest BCUT2D eigenvalue weighted by molar-refractivity contribution is -0.292. The van der Waals surface area contributed by atoms with E-state index in [1.54, 1.807) is 0 Å². The van der Waals surface area contributed by atoms with Crippen molar-refractivity contribution in [1.29, 1.82) is 0 Å². The summed E-state index contributed by atoms with van der Waals surface area (Å²) < 4.78 is 26.8. The van der Waals surface area contributed by atoms with Crippen molar-refractivity contribution >= 4 is 23.7 Å². The third-order valence-corrected chi connectivity index (χ3v) is 8.75. The maximum atomic E-state index is 12.8. The molecule has 3 amide bonds. The molecule has 2 aliphatic rings. The first-order chi connectivity index (χ1) is 25.8. The molecule has 1 aromatic rings. The number of aliphatic hydroxyl groups is 6. The van der Waals surface area contributed by atoms with Crippen LogP contribution < -0.4 is 16.0 Å². The van der Waals surface area contributed by atoms with Gasteiger partial charge in [-0.2, -0.15) is 0 Å². The van der Waals surface area contributed by atoms with Crippen LogP contribution >= 0.6 is 0 Å². The van der Waals surface area contributed by atoms with Gasteiger partial charge in [0.15, 0.2) is 12.6 Å². The highest BCUT2D eigenvalue weighted by atomic mass is 16.7. The maximum absolute atomic E-state index is 12.8. The van der Waals surface area contributed by atoms with Crippen molar-refractivity contribution < 1.29 is 73.5 Å². The van der Waals surface area contributed by atoms with Gasteiger partial charge >= 0.3 is 5.97 Å². The number of esters is 1. The van der Waals surface area contributed by atoms with E-state index in [1.807, 2.05) is 30.3 Å². The van der Waals surface area contributed by atoms with Crippen LogP contribution in [0.2, 0.25) is 0 Å². The molecule has 0 aliphatic carbocycles. The molecule has 0 radical (unpaired) electrons. The van der Waals surface area contributed by atoms with Crippen LogP contribution in [0.1, 0.15) is 45.1 Å². The van der Waals surface area contributed by atoms with Crippen molar-refractivity contribution in [3.63, 3.8) is 0 Å². The Morgan fingerprint density at radius 1 is 0.630 bits per heavy atom. The van der Waals surface area contributed by atoms with Gasteiger partial charge in [0.2, 0.25) is 17.7 Å². The number of hydrogen-bond donors (Lipinski definition) is 9. The number of hydrogen-bond acceptors (Lipinski definition) is 16. The molecular formula is C35H56N4O15. The summed E-state index contributed by atoms with van der Waals surface area (Å²) in [6.45, 7) is 2.18. The number of carbonyl (C=O) groups is 4. The van der Waals surface area contributed by atoms with E-state index >= 15 is 0 Å². The van der Waals surface area contributed by atoms with E-state index in [4.69, 9.17) is 23.7 Å². The second kappa shape index (κ2) is 23.6. The predicted molar refractivity (Wildman–Crippen MR) is 187 cm³/mol. The van der Waals surface area contributed by atoms with Gasteiger partial charge in [0.25, 0.3) is 0 Å². The molecule has 0 saturated carbocycles. The number of nitrogens with one attached hydrogen (secondary N) is 3. The first-order valence-electron chi connectivity index (χ1n) is 18.1. The standard InChI is InChI=1S/C35H56N4O15/c1-21-28(44)30(46)32(48)34(53-21)50-15-13-37-25(41)18-39(19-26(42)38-14-16-51-35-33(49)31(47)29(45)22(2)54-35)17-24(40)36-12-8-4-7-11-27(43)52-20-23-9-5-3-6-10-23/h3,5-6,9-10,21-22,28-35,44-49H,4,7-8,11-20H2,1-2H3,(H,36,40)(H,37,41)(H,38,42)/t21-,22-,28+,29+,30+,31+,32-,33-,34+,35+/m0/s1. The summed E-state index contributed by atoms with van der Waals surface area (Å²) in [5.74, 6) is -1.85.